The first kappa shape index (κ1) is 15.3. The molecule has 0 bridgehead atoms. The quantitative estimate of drug-likeness (QED) is 0.833. The van der Waals surface area contributed by atoms with Gasteiger partial charge in [0.25, 0.3) is 0 Å². The SMILES string of the molecule is CC(C#N)S(=O)(=O)Nc1cc(C(C)(C)C)ccc1O. The highest BCUT2D eigenvalue weighted by atomic mass is 32.2. The molecule has 2 N–H and O–H groups in total. The summed E-state index contributed by atoms with van der Waals surface area (Å²) in [5, 5.41) is 17.2. The fourth-order valence-electron chi connectivity index (χ4n) is 1.40. The third-order valence-corrected chi connectivity index (χ3v) is 4.30. The summed E-state index contributed by atoms with van der Waals surface area (Å²) in [6, 6.07) is 6.41. The predicted molar refractivity (Wildman–Crippen MR) is 74.4 cm³/mol. The molecule has 0 aliphatic rings. The number of anilines is 1. The first-order valence-electron chi connectivity index (χ1n) is 5.82. The number of nitriles is 1. The Morgan fingerprint density at radius 3 is 2.42 bits per heavy atom. The number of aromatic hydroxyl groups is 1. The second-order valence-corrected chi connectivity index (χ2v) is 7.40. The maximum absolute atomic E-state index is 11.8. The van der Waals surface area contributed by atoms with Gasteiger partial charge in [-0.05, 0) is 30.0 Å². The average Bonchev–Trinajstić information content (AvgIpc) is 2.29. The van der Waals surface area contributed by atoms with Gasteiger partial charge in [-0.15, -0.1) is 0 Å². The molecule has 0 aromatic heterocycles. The number of phenolic OH excluding ortho intramolecular Hbond substituents is 1. The van der Waals surface area contributed by atoms with Gasteiger partial charge in [-0.25, -0.2) is 8.42 Å². The highest BCUT2D eigenvalue weighted by molar-refractivity contribution is 7.93. The van der Waals surface area contributed by atoms with Crippen molar-refractivity contribution in [2.45, 2.75) is 38.4 Å². The molecule has 0 saturated heterocycles. The summed E-state index contributed by atoms with van der Waals surface area (Å²) in [7, 11) is -3.82. The topological polar surface area (TPSA) is 90.2 Å². The summed E-state index contributed by atoms with van der Waals surface area (Å²) in [6.45, 7) is 7.23. The van der Waals surface area contributed by atoms with Gasteiger partial charge in [0.1, 0.15) is 5.75 Å². The fraction of sp³-hybridized carbons (Fsp3) is 0.462. The van der Waals surface area contributed by atoms with Crippen molar-refractivity contribution in [1.82, 2.24) is 0 Å². The first-order chi connectivity index (χ1) is 8.58. The van der Waals surface area contributed by atoms with Gasteiger partial charge in [-0.1, -0.05) is 26.8 Å². The number of phenols is 1. The molecule has 0 spiro atoms. The van der Waals surface area contributed by atoms with Crippen LogP contribution < -0.4 is 4.72 Å². The lowest BCUT2D eigenvalue weighted by atomic mass is 9.87. The van der Waals surface area contributed by atoms with Crippen LogP contribution in [0.15, 0.2) is 18.2 Å². The van der Waals surface area contributed by atoms with E-state index in [2.05, 4.69) is 4.72 Å². The molecule has 19 heavy (non-hydrogen) atoms. The van der Waals surface area contributed by atoms with Gasteiger partial charge in [0.05, 0.1) is 11.8 Å². The van der Waals surface area contributed by atoms with Crippen LogP contribution in [0.2, 0.25) is 0 Å². The number of benzene rings is 1. The van der Waals surface area contributed by atoms with E-state index in [4.69, 9.17) is 5.26 Å². The molecule has 1 atom stereocenters. The summed E-state index contributed by atoms with van der Waals surface area (Å²) < 4.78 is 25.8. The lowest BCUT2D eigenvalue weighted by molar-refractivity contribution is 0.476. The van der Waals surface area contributed by atoms with E-state index in [9.17, 15) is 13.5 Å². The van der Waals surface area contributed by atoms with Gasteiger partial charge >= 0.3 is 0 Å². The lowest BCUT2D eigenvalue weighted by Crippen LogP contribution is -2.24. The van der Waals surface area contributed by atoms with Crippen LogP contribution in [-0.4, -0.2) is 18.8 Å². The normalized spacial score (nSPS) is 13.6. The van der Waals surface area contributed by atoms with E-state index in [1.807, 2.05) is 20.8 Å². The van der Waals surface area contributed by atoms with E-state index in [1.54, 1.807) is 18.2 Å². The third-order valence-electron chi connectivity index (χ3n) is 2.76. The van der Waals surface area contributed by atoms with Crippen molar-refractivity contribution < 1.29 is 13.5 Å². The Bertz CT molecular complexity index is 610. The van der Waals surface area contributed by atoms with Crippen molar-refractivity contribution in [3.63, 3.8) is 0 Å². The van der Waals surface area contributed by atoms with Crippen LogP contribution in [0, 0.1) is 11.3 Å². The van der Waals surface area contributed by atoms with Crippen molar-refractivity contribution >= 4 is 15.7 Å². The Morgan fingerprint density at radius 1 is 1.37 bits per heavy atom. The van der Waals surface area contributed by atoms with Gasteiger partial charge in [0.2, 0.25) is 10.0 Å². The van der Waals surface area contributed by atoms with Crippen LogP contribution in [-0.2, 0) is 15.4 Å². The van der Waals surface area contributed by atoms with Crippen molar-refractivity contribution in [2.24, 2.45) is 0 Å². The van der Waals surface area contributed by atoms with E-state index in [0.717, 1.165) is 5.56 Å². The van der Waals surface area contributed by atoms with Gasteiger partial charge in [0, 0.05) is 0 Å². The molecule has 0 amide bonds. The summed E-state index contributed by atoms with van der Waals surface area (Å²) >= 11 is 0. The maximum atomic E-state index is 11.8. The van der Waals surface area contributed by atoms with Crippen LogP contribution in [0.5, 0.6) is 5.75 Å². The smallest absolute Gasteiger partial charge is 0.248 e. The minimum atomic E-state index is -3.82. The monoisotopic (exact) mass is 282 g/mol. The van der Waals surface area contributed by atoms with Gasteiger partial charge < -0.3 is 5.11 Å². The molecule has 0 heterocycles. The van der Waals surface area contributed by atoms with Crippen LogP contribution in [0.25, 0.3) is 0 Å². The Kier molecular flexibility index (Phi) is 4.11. The molecule has 1 rings (SSSR count). The maximum Gasteiger partial charge on any atom is 0.248 e. The highest BCUT2D eigenvalue weighted by Crippen LogP contribution is 2.31. The Morgan fingerprint density at radius 2 is 1.95 bits per heavy atom. The Hall–Kier alpha value is -1.74. The number of sulfonamides is 1. The zero-order valence-electron chi connectivity index (χ0n) is 11.4. The number of nitrogens with zero attached hydrogens (tertiary/aromatic N) is 1. The molecule has 5 nitrogen and oxygen atoms in total. The molecule has 1 aromatic carbocycles. The molecule has 1 aromatic rings. The van der Waals surface area contributed by atoms with Crippen LogP contribution in [0.1, 0.15) is 33.3 Å². The van der Waals surface area contributed by atoms with Crippen molar-refractivity contribution in [3.8, 4) is 11.8 Å². The summed E-state index contributed by atoms with van der Waals surface area (Å²) in [5.74, 6) is -0.165. The second-order valence-electron chi connectivity index (χ2n) is 5.40. The van der Waals surface area contributed by atoms with Crippen LogP contribution in [0.3, 0.4) is 0 Å². The molecule has 0 radical (unpaired) electrons. The largest absolute Gasteiger partial charge is 0.506 e. The molecule has 0 saturated carbocycles. The Labute approximate surface area is 113 Å². The highest BCUT2D eigenvalue weighted by Gasteiger charge is 2.22. The summed E-state index contributed by atoms with van der Waals surface area (Å²) in [5.41, 5.74) is 0.802. The molecule has 1 unspecified atom stereocenters. The Balaban J connectivity index is 3.20. The van der Waals surface area contributed by atoms with E-state index in [0.29, 0.717) is 0 Å². The minimum Gasteiger partial charge on any atom is -0.506 e. The van der Waals surface area contributed by atoms with Crippen LogP contribution in [0.4, 0.5) is 5.69 Å². The number of rotatable bonds is 3. The molecular weight excluding hydrogens is 264 g/mol. The van der Waals surface area contributed by atoms with Crippen molar-refractivity contribution in [2.75, 3.05) is 4.72 Å². The zero-order chi connectivity index (χ0) is 14.8. The van der Waals surface area contributed by atoms with E-state index in [1.165, 1.54) is 13.0 Å². The molecule has 104 valence electrons. The van der Waals surface area contributed by atoms with Crippen molar-refractivity contribution in [3.05, 3.63) is 23.8 Å². The number of hydrogen-bond acceptors (Lipinski definition) is 4. The number of hydrogen-bond donors (Lipinski definition) is 2. The van der Waals surface area contributed by atoms with E-state index >= 15 is 0 Å². The fourth-order valence-corrected chi connectivity index (χ4v) is 2.18. The zero-order valence-corrected chi connectivity index (χ0v) is 12.2. The molecule has 0 aliphatic carbocycles. The predicted octanol–water partition coefficient (Wildman–Crippen LogP) is 2.34. The van der Waals surface area contributed by atoms with Gasteiger partial charge in [-0.3, -0.25) is 4.72 Å². The summed E-state index contributed by atoms with van der Waals surface area (Å²) in [6.07, 6.45) is 0. The molecular formula is C13H18N2O3S. The average molecular weight is 282 g/mol. The van der Waals surface area contributed by atoms with E-state index in [-0.39, 0.29) is 16.9 Å². The van der Waals surface area contributed by atoms with Crippen LogP contribution >= 0.6 is 0 Å². The lowest BCUT2D eigenvalue weighted by Gasteiger charge is -2.21. The standard InChI is InChI=1S/C13H18N2O3S/c1-9(8-14)19(17,18)15-11-7-10(13(2,3)4)5-6-12(11)16/h5-7,9,15-16H,1-4H3. The molecule has 0 aliphatic heterocycles. The first-order valence-corrected chi connectivity index (χ1v) is 7.37. The molecule has 0 fully saturated rings. The van der Waals surface area contributed by atoms with Gasteiger partial charge in [-0.2, -0.15) is 5.26 Å². The van der Waals surface area contributed by atoms with E-state index < -0.39 is 15.3 Å². The second kappa shape index (κ2) is 5.10. The third kappa shape index (κ3) is 3.61. The number of nitrogens with one attached hydrogen (secondary N) is 1. The van der Waals surface area contributed by atoms with Crippen molar-refractivity contribution in [1.29, 1.82) is 5.26 Å². The minimum absolute atomic E-state index is 0.0922. The molecule has 6 heteroatoms. The summed E-state index contributed by atoms with van der Waals surface area (Å²) in [4.78, 5) is 0. The van der Waals surface area contributed by atoms with Gasteiger partial charge in [0.15, 0.2) is 5.25 Å².